The van der Waals surface area contributed by atoms with Gasteiger partial charge in [0.15, 0.2) is 0 Å². The number of fused-ring (bicyclic) bond motifs is 2. The van der Waals surface area contributed by atoms with E-state index in [1.807, 2.05) is 0 Å². The molecule has 4 heteroatoms. The lowest BCUT2D eigenvalue weighted by atomic mass is 10.0. The van der Waals surface area contributed by atoms with Gasteiger partial charge < -0.3 is 14.6 Å². The Labute approximate surface area is 149 Å². The van der Waals surface area contributed by atoms with Gasteiger partial charge >= 0.3 is 0 Å². The van der Waals surface area contributed by atoms with E-state index in [0.29, 0.717) is 12.5 Å². The number of nitrogens with one attached hydrogen (secondary N) is 1. The van der Waals surface area contributed by atoms with Gasteiger partial charge in [0.25, 0.3) is 0 Å². The van der Waals surface area contributed by atoms with E-state index in [9.17, 15) is 4.79 Å². The Bertz CT molecular complexity index is 759. The van der Waals surface area contributed by atoms with E-state index in [1.54, 1.807) is 6.26 Å². The lowest BCUT2D eigenvalue weighted by Crippen LogP contribution is -2.47. The molecule has 0 atom stereocenters. The first-order valence-corrected chi connectivity index (χ1v) is 9.78. The Morgan fingerprint density at radius 1 is 1.24 bits per heavy atom. The molecular formula is C21H28N2O2. The molecule has 0 spiro atoms. The second-order valence-electron chi connectivity index (χ2n) is 7.48. The second-order valence-corrected chi connectivity index (χ2v) is 7.48. The molecule has 4 rings (SSSR count). The first-order valence-electron chi connectivity index (χ1n) is 9.78. The number of hydrogen-bond donors (Lipinski definition) is 1. The summed E-state index contributed by atoms with van der Waals surface area (Å²) < 4.78 is 5.78. The van der Waals surface area contributed by atoms with Gasteiger partial charge in [0, 0.05) is 23.5 Å². The minimum absolute atomic E-state index is 0.247. The fourth-order valence-corrected chi connectivity index (χ4v) is 4.42. The molecule has 4 nitrogen and oxygen atoms in total. The molecule has 1 aliphatic carbocycles. The molecule has 1 N–H and O–H groups in total. The van der Waals surface area contributed by atoms with Crippen LogP contribution in [0, 0.1) is 0 Å². The van der Waals surface area contributed by atoms with E-state index in [0.717, 1.165) is 68.3 Å². The van der Waals surface area contributed by atoms with Crippen LogP contribution in [-0.2, 0) is 24.1 Å². The maximum atomic E-state index is 13.0. The van der Waals surface area contributed by atoms with Gasteiger partial charge in [0.1, 0.15) is 5.58 Å². The highest BCUT2D eigenvalue weighted by molar-refractivity contribution is 5.88. The zero-order valence-electron chi connectivity index (χ0n) is 15.1. The first-order chi connectivity index (χ1) is 12.3. The van der Waals surface area contributed by atoms with E-state index in [4.69, 9.17) is 4.42 Å². The van der Waals surface area contributed by atoms with Crippen molar-refractivity contribution in [3.8, 4) is 0 Å². The molecule has 0 radical (unpaired) electrons. The summed E-state index contributed by atoms with van der Waals surface area (Å²) in [5, 5.41) is 4.53. The predicted octanol–water partition coefficient (Wildman–Crippen LogP) is 3.45. The number of nitrogens with zero attached hydrogens (tertiary/aromatic N) is 1. The molecule has 2 heterocycles. The number of furan rings is 1. The van der Waals surface area contributed by atoms with Crippen molar-refractivity contribution >= 4 is 16.9 Å². The Morgan fingerprint density at radius 3 is 2.76 bits per heavy atom. The second kappa shape index (κ2) is 7.20. The third-order valence-corrected chi connectivity index (χ3v) is 5.74. The van der Waals surface area contributed by atoms with Crippen molar-refractivity contribution in [2.75, 3.05) is 19.6 Å². The number of benzene rings is 1. The summed E-state index contributed by atoms with van der Waals surface area (Å²) in [6.45, 7) is 5.03. The SMILES string of the molecule is CCCN(C(=O)Cc1coc2cc3c(cc12)CCC3)C1CCNCC1. The minimum atomic E-state index is 0.247. The summed E-state index contributed by atoms with van der Waals surface area (Å²) >= 11 is 0. The van der Waals surface area contributed by atoms with Crippen LogP contribution in [0.4, 0.5) is 0 Å². The maximum Gasteiger partial charge on any atom is 0.227 e. The molecule has 1 aliphatic heterocycles. The highest BCUT2D eigenvalue weighted by Crippen LogP contribution is 2.31. The van der Waals surface area contributed by atoms with Crippen LogP contribution in [-0.4, -0.2) is 36.5 Å². The smallest absolute Gasteiger partial charge is 0.227 e. The molecule has 134 valence electrons. The summed E-state index contributed by atoms with van der Waals surface area (Å²) in [6, 6.07) is 4.83. The van der Waals surface area contributed by atoms with Crippen LogP contribution in [0.25, 0.3) is 11.0 Å². The third kappa shape index (κ3) is 3.32. The molecule has 1 fully saturated rings. The average molecular weight is 340 g/mol. The number of aryl methyl sites for hydroxylation is 2. The van der Waals surface area contributed by atoms with E-state index < -0.39 is 0 Å². The fourth-order valence-electron chi connectivity index (χ4n) is 4.42. The van der Waals surface area contributed by atoms with Crippen LogP contribution in [0.3, 0.4) is 0 Å². The van der Waals surface area contributed by atoms with Gasteiger partial charge in [-0.25, -0.2) is 0 Å². The maximum absolute atomic E-state index is 13.0. The van der Waals surface area contributed by atoms with E-state index >= 15 is 0 Å². The molecule has 1 amide bonds. The van der Waals surface area contributed by atoms with Crippen LogP contribution in [0.15, 0.2) is 22.8 Å². The lowest BCUT2D eigenvalue weighted by molar-refractivity contribution is -0.133. The standard InChI is InChI=1S/C21H28N2O2/c1-2-10-23(18-6-8-22-9-7-18)21(24)13-17-14-25-20-12-16-5-3-4-15(16)11-19(17)20/h11-12,14,18,22H,2-10,13H2,1H3. The topological polar surface area (TPSA) is 45.5 Å². The Balaban J connectivity index is 1.55. The highest BCUT2D eigenvalue weighted by Gasteiger charge is 2.25. The number of rotatable bonds is 5. The van der Waals surface area contributed by atoms with Crippen LogP contribution in [0.1, 0.15) is 49.3 Å². The van der Waals surface area contributed by atoms with Crippen LogP contribution in [0.5, 0.6) is 0 Å². The minimum Gasteiger partial charge on any atom is -0.464 e. The van der Waals surface area contributed by atoms with Crippen LogP contribution < -0.4 is 5.32 Å². The Hall–Kier alpha value is -1.81. The molecule has 2 aromatic rings. The quantitative estimate of drug-likeness (QED) is 0.907. The lowest BCUT2D eigenvalue weighted by Gasteiger charge is -2.34. The summed E-state index contributed by atoms with van der Waals surface area (Å²) in [5.74, 6) is 0.247. The van der Waals surface area contributed by atoms with Crippen molar-refractivity contribution in [1.82, 2.24) is 10.2 Å². The summed E-state index contributed by atoms with van der Waals surface area (Å²) in [5.41, 5.74) is 4.84. The molecule has 0 unspecified atom stereocenters. The number of amides is 1. The van der Waals surface area contributed by atoms with Crippen molar-refractivity contribution in [2.24, 2.45) is 0 Å². The zero-order chi connectivity index (χ0) is 17.2. The zero-order valence-corrected chi connectivity index (χ0v) is 15.1. The number of carbonyl (C=O) groups is 1. The molecule has 1 saturated heterocycles. The van der Waals surface area contributed by atoms with Crippen LogP contribution in [0.2, 0.25) is 0 Å². The van der Waals surface area contributed by atoms with E-state index in [-0.39, 0.29) is 5.91 Å². The molecule has 1 aromatic carbocycles. The number of piperidine rings is 1. The highest BCUT2D eigenvalue weighted by atomic mass is 16.3. The van der Waals surface area contributed by atoms with Crippen molar-refractivity contribution in [3.05, 3.63) is 35.1 Å². The average Bonchev–Trinajstić information content (AvgIpc) is 3.25. The molecular weight excluding hydrogens is 312 g/mol. The van der Waals surface area contributed by atoms with Crippen molar-refractivity contribution in [3.63, 3.8) is 0 Å². The molecule has 1 aromatic heterocycles. The number of hydrogen-bond acceptors (Lipinski definition) is 3. The molecule has 0 bridgehead atoms. The summed E-state index contributed by atoms with van der Waals surface area (Å²) in [6.07, 6.45) is 8.92. The van der Waals surface area contributed by atoms with Gasteiger partial charge in [-0.15, -0.1) is 0 Å². The van der Waals surface area contributed by atoms with Gasteiger partial charge in [-0.3, -0.25) is 4.79 Å². The summed E-state index contributed by atoms with van der Waals surface area (Å²) in [4.78, 5) is 15.2. The first kappa shape index (κ1) is 16.6. The van der Waals surface area contributed by atoms with Gasteiger partial charge in [0.05, 0.1) is 12.7 Å². The fraction of sp³-hybridized carbons (Fsp3) is 0.571. The third-order valence-electron chi connectivity index (χ3n) is 5.74. The van der Waals surface area contributed by atoms with Gasteiger partial charge in [-0.05, 0) is 74.9 Å². The summed E-state index contributed by atoms with van der Waals surface area (Å²) in [7, 11) is 0. The van der Waals surface area contributed by atoms with Crippen molar-refractivity contribution in [2.45, 2.75) is 57.9 Å². The Morgan fingerprint density at radius 2 is 2.00 bits per heavy atom. The van der Waals surface area contributed by atoms with Gasteiger partial charge in [0.2, 0.25) is 5.91 Å². The molecule has 2 aliphatic rings. The van der Waals surface area contributed by atoms with E-state index in [2.05, 4.69) is 29.3 Å². The largest absolute Gasteiger partial charge is 0.464 e. The Kier molecular flexibility index (Phi) is 4.80. The molecule has 0 saturated carbocycles. The van der Waals surface area contributed by atoms with Crippen molar-refractivity contribution in [1.29, 1.82) is 0 Å². The normalized spacial score (nSPS) is 17.8. The van der Waals surface area contributed by atoms with Gasteiger partial charge in [-0.1, -0.05) is 6.92 Å². The van der Waals surface area contributed by atoms with Crippen molar-refractivity contribution < 1.29 is 9.21 Å². The van der Waals surface area contributed by atoms with Crippen LogP contribution >= 0.6 is 0 Å². The number of carbonyl (C=O) groups excluding carboxylic acids is 1. The van der Waals surface area contributed by atoms with Gasteiger partial charge in [-0.2, -0.15) is 0 Å². The molecule has 25 heavy (non-hydrogen) atoms. The predicted molar refractivity (Wildman–Crippen MR) is 99.8 cm³/mol. The monoisotopic (exact) mass is 340 g/mol. The van der Waals surface area contributed by atoms with E-state index in [1.165, 1.54) is 17.5 Å².